The van der Waals surface area contributed by atoms with Crippen molar-refractivity contribution in [1.82, 2.24) is 25.9 Å². The number of nitrogens with one attached hydrogen (secondary N) is 3. The van der Waals surface area contributed by atoms with Crippen molar-refractivity contribution < 1.29 is 9.72 Å². The van der Waals surface area contributed by atoms with Crippen LogP contribution in [0.5, 0.6) is 0 Å². The lowest BCUT2D eigenvalue weighted by molar-refractivity contribution is -0.384. The smallest absolute Gasteiger partial charge is 0.293 e. The molecule has 0 bridgehead atoms. The number of rotatable bonds is 6. The van der Waals surface area contributed by atoms with E-state index in [0.717, 1.165) is 0 Å². The highest BCUT2D eigenvalue weighted by molar-refractivity contribution is 5.95. The molecule has 0 unspecified atom stereocenters. The molecule has 2 rings (SSSR count). The lowest BCUT2D eigenvalue weighted by atomic mass is 10.1. The Morgan fingerprint density at radius 3 is 2.90 bits per heavy atom. The summed E-state index contributed by atoms with van der Waals surface area (Å²) in [6, 6.07) is 4.24. The van der Waals surface area contributed by atoms with Crippen LogP contribution in [0.2, 0.25) is 0 Å². The number of carbonyl (C=O) groups excluding carboxylic acids is 1. The van der Waals surface area contributed by atoms with E-state index in [9.17, 15) is 14.9 Å². The van der Waals surface area contributed by atoms with E-state index in [1.165, 1.54) is 18.2 Å². The standard InChI is InChI=1S/C11H13N7O3/c1-2-12-8-4-3-7(5-9(8)18(20)21)11(19)13-6-10-14-16-17-15-10/h3-5,12H,2,6H2,1H3,(H,13,19)(H,14,15,16,17). The van der Waals surface area contributed by atoms with Crippen LogP contribution in [0.3, 0.4) is 0 Å². The summed E-state index contributed by atoms with van der Waals surface area (Å²) in [7, 11) is 0. The van der Waals surface area contributed by atoms with Crippen molar-refractivity contribution in [1.29, 1.82) is 0 Å². The highest BCUT2D eigenvalue weighted by Gasteiger charge is 2.17. The molecule has 0 saturated heterocycles. The molecule has 1 aromatic heterocycles. The van der Waals surface area contributed by atoms with Crippen LogP contribution in [0.25, 0.3) is 0 Å². The van der Waals surface area contributed by atoms with Gasteiger partial charge >= 0.3 is 0 Å². The molecule has 10 nitrogen and oxygen atoms in total. The van der Waals surface area contributed by atoms with Crippen LogP contribution in [-0.4, -0.2) is 38.0 Å². The van der Waals surface area contributed by atoms with Gasteiger partial charge in [-0.3, -0.25) is 14.9 Å². The van der Waals surface area contributed by atoms with Crippen molar-refractivity contribution in [2.45, 2.75) is 13.5 Å². The molecular weight excluding hydrogens is 278 g/mol. The van der Waals surface area contributed by atoms with Gasteiger partial charge in [0.15, 0.2) is 5.82 Å². The van der Waals surface area contributed by atoms with Gasteiger partial charge in [-0.05, 0) is 19.1 Å². The van der Waals surface area contributed by atoms with Gasteiger partial charge in [-0.2, -0.15) is 5.21 Å². The molecule has 1 aromatic carbocycles. The maximum absolute atomic E-state index is 11.9. The summed E-state index contributed by atoms with van der Waals surface area (Å²) < 4.78 is 0. The average Bonchev–Trinajstić information content (AvgIpc) is 2.98. The zero-order chi connectivity index (χ0) is 15.2. The molecule has 110 valence electrons. The number of benzene rings is 1. The second kappa shape index (κ2) is 6.41. The molecule has 10 heteroatoms. The normalized spacial score (nSPS) is 10.1. The molecular formula is C11H13N7O3. The number of hydrogen-bond acceptors (Lipinski definition) is 7. The van der Waals surface area contributed by atoms with Crippen LogP contribution in [0.15, 0.2) is 18.2 Å². The number of aromatic amines is 1. The molecule has 3 N–H and O–H groups in total. The fourth-order valence-electron chi connectivity index (χ4n) is 1.68. The van der Waals surface area contributed by atoms with Crippen molar-refractivity contribution in [2.24, 2.45) is 0 Å². The van der Waals surface area contributed by atoms with E-state index in [1.54, 1.807) is 0 Å². The van der Waals surface area contributed by atoms with Crippen LogP contribution in [0.1, 0.15) is 23.1 Å². The molecule has 0 radical (unpaired) electrons. The first-order valence-corrected chi connectivity index (χ1v) is 6.14. The van der Waals surface area contributed by atoms with Crippen molar-refractivity contribution in [3.8, 4) is 0 Å². The molecule has 1 amide bonds. The third-order valence-electron chi connectivity index (χ3n) is 2.62. The molecule has 21 heavy (non-hydrogen) atoms. The summed E-state index contributed by atoms with van der Waals surface area (Å²) in [5, 5.41) is 29.4. The highest BCUT2D eigenvalue weighted by Crippen LogP contribution is 2.25. The topological polar surface area (TPSA) is 139 Å². The summed E-state index contributed by atoms with van der Waals surface area (Å²) >= 11 is 0. The number of H-pyrrole nitrogens is 1. The molecule has 0 aliphatic rings. The van der Waals surface area contributed by atoms with Gasteiger partial charge in [0.25, 0.3) is 11.6 Å². The number of hydrogen-bond donors (Lipinski definition) is 3. The minimum atomic E-state index is -0.534. The summed E-state index contributed by atoms with van der Waals surface area (Å²) in [5.74, 6) is -0.131. The van der Waals surface area contributed by atoms with E-state index >= 15 is 0 Å². The molecule has 0 saturated carbocycles. The van der Waals surface area contributed by atoms with Gasteiger partial charge in [0.05, 0.1) is 11.5 Å². The number of nitrogens with zero attached hydrogens (tertiary/aromatic N) is 4. The van der Waals surface area contributed by atoms with Gasteiger partial charge < -0.3 is 10.6 Å². The Balaban J connectivity index is 2.13. The predicted molar refractivity (Wildman–Crippen MR) is 72.6 cm³/mol. The molecule has 1 heterocycles. The van der Waals surface area contributed by atoms with Gasteiger partial charge in [-0.25, -0.2) is 0 Å². The first kappa shape index (κ1) is 14.4. The Bertz CT molecular complexity index is 641. The van der Waals surface area contributed by atoms with Gasteiger partial charge in [0.2, 0.25) is 0 Å². The second-order valence-electron chi connectivity index (χ2n) is 4.03. The minimum absolute atomic E-state index is 0.0814. The predicted octanol–water partition coefficient (Wildman–Crippen LogP) is 0.470. The van der Waals surface area contributed by atoms with Crippen LogP contribution in [0, 0.1) is 10.1 Å². The molecule has 0 aliphatic heterocycles. The Hall–Kier alpha value is -3.04. The number of amides is 1. The first-order valence-electron chi connectivity index (χ1n) is 6.14. The van der Waals surface area contributed by atoms with Gasteiger partial charge in [-0.1, -0.05) is 5.21 Å². The third kappa shape index (κ3) is 3.49. The molecule has 0 atom stereocenters. The van der Waals surface area contributed by atoms with Crippen LogP contribution >= 0.6 is 0 Å². The number of tetrazole rings is 1. The van der Waals surface area contributed by atoms with E-state index in [4.69, 9.17) is 0 Å². The number of anilines is 1. The highest BCUT2D eigenvalue weighted by atomic mass is 16.6. The van der Waals surface area contributed by atoms with Crippen molar-refractivity contribution in [3.63, 3.8) is 0 Å². The fraction of sp³-hybridized carbons (Fsp3) is 0.273. The quantitative estimate of drug-likeness (QED) is 0.519. The third-order valence-corrected chi connectivity index (χ3v) is 2.62. The molecule has 0 spiro atoms. The maximum Gasteiger partial charge on any atom is 0.293 e. The zero-order valence-corrected chi connectivity index (χ0v) is 11.2. The number of aromatic nitrogens is 4. The molecule has 0 aliphatic carbocycles. The van der Waals surface area contributed by atoms with Gasteiger partial charge in [0.1, 0.15) is 5.69 Å². The van der Waals surface area contributed by atoms with Crippen molar-refractivity contribution >= 4 is 17.3 Å². The Morgan fingerprint density at radius 1 is 1.48 bits per heavy atom. The van der Waals surface area contributed by atoms with E-state index in [0.29, 0.717) is 18.1 Å². The SMILES string of the molecule is CCNc1ccc(C(=O)NCc2nn[nH]n2)cc1[N+](=O)[O-]. The first-order chi connectivity index (χ1) is 10.1. The second-order valence-corrected chi connectivity index (χ2v) is 4.03. The molecule has 0 fully saturated rings. The summed E-state index contributed by atoms with van der Waals surface area (Å²) in [5.41, 5.74) is 0.410. The summed E-state index contributed by atoms with van der Waals surface area (Å²) in [4.78, 5) is 22.4. The Labute approximate surface area is 119 Å². The van der Waals surface area contributed by atoms with E-state index < -0.39 is 10.8 Å². The summed E-state index contributed by atoms with van der Waals surface area (Å²) in [6.07, 6.45) is 0. The van der Waals surface area contributed by atoms with Gasteiger partial charge in [-0.15, -0.1) is 10.2 Å². The summed E-state index contributed by atoms with van der Waals surface area (Å²) in [6.45, 7) is 2.46. The van der Waals surface area contributed by atoms with Crippen LogP contribution < -0.4 is 10.6 Å². The Morgan fingerprint density at radius 2 is 2.29 bits per heavy atom. The zero-order valence-electron chi connectivity index (χ0n) is 11.2. The maximum atomic E-state index is 11.9. The number of nitro groups is 1. The molecule has 2 aromatic rings. The van der Waals surface area contributed by atoms with Crippen LogP contribution in [0.4, 0.5) is 11.4 Å². The number of carbonyl (C=O) groups is 1. The lowest BCUT2D eigenvalue weighted by Crippen LogP contribution is -2.23. The number of nitro benzene ring substituents is 1. The van der Waals surface area contributed by atoms with E-state index in [1.807, 2.05) is 6.92 Å². The van der Waals surface area contributed by atoms with E-state index in [2.05, 4.69) is 31.3 Å². The van der Waals surface area contributed by atoms with Gasteiger partial charge in [0, 0.05) is 18.2 Å². The van der Waals surface area contributed by atoms with Crippen LogP contribution in [-0.2, 0) is 6.54 Å². The fourth-order valence-corrected chi connectivity index (χ4v) is 1.68. The monoisotopic (exact) mass is 291 g/mol. The minimum Gasteiger partial charge on any atom is -0.380 e. The average molecular weight is 291 g/mol. The largest absolute Gasteiger partial charge is 0.380 e. The van der Waals surface area contributed by atoms with Crippen molar-refractivity contribution in [3.05, 3.63) is 39.7 Å². The Kier molecular flexibility index (Phi) is 4.39. The lowest BCUT2D eigenvalue weighted by Gasteiger charge is -2.07. The van der Waals surface area contributed by atoms with Crippen molar-refractivity contribution in [2.75, 3.05) is 11.9 Å². The van der Waals surface area contributed by atoms with E-state index in [-0.39, 0.29) is 17.8 Å².